The van der Waals surface area contributed by atoms with Crippen molar-refractivity contribution in [3.8, 4) is 0 Å². The number of rotatable bonds is 44. The van der Waals surface area contributed by atoms with Gasteiger partial charge in [-0.15, -0.1) is 0 Å². The van der Waals surface area contributed by atoms with Crippen LogP contribution in [0.25, 0.3) is 0 Å². The Morgan fingerprint density at radius 3 is 1.35 bits per heavy atom. The number of unbranched alkanes of at least 4 members (excludes halogenated alkanes) is 12. The van der Waals surface area contributed by atoms with Gasteiger partial charge in [-0.25, -0.2) is 4.57 Å². The van der Waals surface area contributed by atoms with Gasteiger partial charge in [-0.05, 0) is 96.3 Å². The van der Waals surface area contributed by atoms with Gasteiger partial charge in [0.25, 0.3) is 0 Å². The Balaban J connectivity index is 4.43. The van der Waals surface area contributed by atoms with Crippen LogP contribution in [0.2, 0.25) is 0 Å². The molecule has 0 aliphatic carbocycles. The van der Waals surface area contributed by atoms with Crippen molar-refractivity contribution in [2.75, 3.05) is 47.5 Å². The minimum atomic E-state index is -4.41. The number of phosphoric acid groups is 1. The summed E-state index contributed by atoms with van der Waals surface area (Å²) < 4.78 is 34.3. The molecule has 0 aromatic rings. The van der Waals surface area contributed by atoms with Crippen molar-refractivity contribution in [3.05, 3.63) is 109 Å². The zero-order valence-corrected chi connectivity index (χ0v) is 42.6. The Morgan fingerprint density at radius 2 is 0.892 bits per heavy atom. The Hall–Kier alpha value is -3.33. The summed E-state index contributed by atoms with van der Waals surface area (Å²) in [7, 11) is 1.42. The van der Waals surface area contributed by atoms with Crippen LogP contribution in [0.1, 0.15) is 174 Å². The molecule has 2 unspecified atom stereocenters. The summed E-state index contributed by atoms with van der Waals surface area (Å²) in [6, 6.07) is 0. The lowest BCUT2D eigenvalue weighted by atomic mass is 10.1. The molecule has 10 heteroatoms. The van der Waals surface area contributed by atoms with Gasteiger partial charge in [0, 0.05) is 12.8 Å². The van der Waals surface area contributed by atoms with Gasteiger partial charge in [-0.1, -0.05) is 175 Å². The SMILES string of the molecule is CC/C=C\C/C=C\C/C=C\C/C=C\C/C=C\C/C=C\C/C=C\CCCC(=O)OC(COC(=O)CCCCCCCCC/C=C\C/C=C\CCCCCC)COP(=O)(O)OCC[N+](C)(C)C. The van der Waals surface area contributed by atoms with Crippen LogP contribution in [0.5, 0.6) is 0 Å². The van der Waals surface area contributed by atoms with Crippen molar-refractivity contribution < 1.29 is 42.1 Å². The van der Waals surface area contributed by atoms with Crippen molar-refractivity contribution in [1.82, 2.24) is 0 Å². The van der Waals surface area contributed by atoms with Gasteiger partial charge < -0.3 is 18.9 Å². The molecular formula is C55H93NO8P+. The number of ether oxygens (including phenoxy) is 2. The van der Waals surface area contributed by atoms with Crippen LogP contribution in [0.4, 0.5) is 0 Å². The average Bonchev–Trinajstić information content (AvgIpc) is 3.26. The van der Waals surface area contributed by atoms with E-state index in [4.69, 9.17) is 18.5 Å². The van der Waals surface area contributed by atoms with E-state index in [1.807, 2.05) is 27.2 Å². The zero-order valence-electron chi connectivity index (χ0n) is 41.7. The minimum Gasteiger partial charge on any atom is -0.462 e. The molecule has 0 radical (unpaired) electrons. The van der Waals surface area contributed by atoms with E-state index in [-0.39, 0.29) is 26.1 Å². The van der Waals surface area contributed by atoms with Gasteiger partial charge in [-0.3, -0.25) is 18.6 Å². The van der Waals surface area contributed by atoms with Crippen molar-refractivity contribution in [2.24, 2.45) is 0 Å². The first-order valence-corrected chi connectivity index (χ1v) is 26.6. The fourth-order valence-corrected chi connectivity index (χ4v) is 6.89. The first kappa shape index (κ1) is 61.7. The third kappa shape index (κ3) is 49.9. The lowest BCUT2D eigenvalue weighted by Gasteiger charge is -2.24. The number of carbonyl (C=O) groups is 2. The molecule has 0 saturated carbocycles. The van der Waals surface area contributed by atoms with Crippen LogP contribution in [0.3, 0.4) is 0 Å². The molecule has 0 aliphatic rings. The summed E-state index contributed by atoms with van der Waals surface area (Å²) in [6.45, 7) is 4.20. The number of esters is 2. The number of hydrogen-bond acceptors (Lipinski definition) is 7. The van der Waals surface area contributed by atoms with Crippen molar-refractivity contribution in [1.29, 1.82) is 0 Å². The van der Waals surface area contributed by atoms with E-state index in [0.29, 0.717) is 30.3 Å². The maximum atomic E-state index is 12.7. The fourth-order valence-electron chi connectivity index (χ4n) is 6.15. The molecule has 0 aliphatic heterocycles. The molecule has 0 bridgehead atoms. The van der Waals surface area contributed by atoms with Gasteiger partial charge in [0.05, 0.1) is 27.7 Å². The number of likely N-dealkylation sites (N-methyl/N-ethyl adjacent to an activating group) is 1. The predicted molar refractivity (Wildman–Crippen MR) is 275 cm³/mol. The molecule has 0 aromatic carbocycles. The Kier molecular flexibility index (Phi) is 43.5. The van der Waals surface area contributed by atoms with Crippen molar-refractivity contribution in [3.63, 3.8) is 0 Å². The second-order valence-corrected chi connectivity index (χ2v) is 18.9. The summed E-state index contributed by atoms with van der Waals surface area (Å²) in [4.78, 5) is 35.5. The van der Waals surface area contributed by atoms with E-state index in [1.165, 1.54) is 51.4 Å². The third-order valence-electron chi connectivity index (χ3n) is 10.0. The van der Waals surface area contributed by atoms with E-state index in [1.54, 1.807) is 0 Å². The number of nitrogens with zero attached hydrogens (tertiary/aromatic N) is 1. The van der Waals surface area contributed by atoms with E-state index in [2.05, 4.69) is 117 Å². The van der Waals surface area contributed by atoms with Crippen LogP contribution in [0.15, 0.2) is 109 Å². The minimum absolute atomic E-state index is 0.0130. The number of hydrogen-bond donors (Lipinski definition) is 1. The molecule has 0 saturated heterocycles. The molecule has 0 spiro atoms. The van der Waals surface area contributed by atoms with Crippen LogP contribution in [-0.2, 0) is 32.7 Å². The highest BCUT2D eigenvalue weighted by Gasteiger charge is 2.27. The van der Waals surface area contributed by atoms with Crippen LogP contribution >= 0.6 is 7.82 Å². The van der Waals surface area contributed by atoms with Crippen molar-refractivity contribution in [2.45, 2.75) is 180 Å². The van der Waals surface area contributed by atoms with Gasteiger partial charge in [0.1, 0.15) is 19.8 Å². The predicted octanol–water partition coefficient (Wildman–Crippen LogP) is 15.1. The quantitative estimate of drug-likeness (QED) is 0.0212. The number of phosphoric ester groups is 1. The summed E-state index contributed by atoms with van der Waals surface area (Å²) in [5.41, 5.74) is 0. The molecule has 0 aromatic heterocycles. The number of carbonyl (C=O) groups excluding carboxylic acids is 2. The summed E-state index contributed by atoms with van der Waals surface area (Å²) in [5, 5.41) is 0. The molecular weight excluding hydrogens is 834 g/mol. The molecule has 0 amide bonds. The molecule has 0 fully saturated rings. The van der Waals surface area contributed by atoms with Crippen LogP contribution < -0.4 is 0 Å². The third-order valence-corrected chi connectivity index (χ3v) is 11.0. The van der Waals surface area contributed by atoms with Crippen LogP contribution in [0, 0.1) is 0 Å². The van der Waals surface area contributed by atoms with Crippen LogP contribution in [-0.4, -0.2) is 74.9 Å². The van der Waals surface area contributed by atoms with Crippen molar-refractivity contribution >= 4 is 19.8 Å². The zero-order chi connectivity index (χ0) is 47.8. The first-order valence-electron chi connectivity index (χ1n) is 25.1. The average molecular weight is 927 g/mol. The summed E-state index contributed by atoms with van der Waals surface area (Å²) in [6.07, 6.45) is 62.9. The molecule has 2 atom stereocenters. The molecule has 0 heterocycles. The van der Waals surface area contributed by atoms with E-state index in [9.17, 15) is 19.0 Å². The second kappa shape index (κ2) is 45.8. The number of quaternary nitrogens is 1. The smallest absolute Gasteiger partial charge is 0.462 e. The van der Waals surface area contributed by atoms with E-state index < -0.39 is 32.5 Å². The molecule has 9 nitrogen and oxygen atoms in total. The van der Waals surface area contributed by atoms with Gasteiger partial charge >= 0.3 is 19.8 Å². The molecule has 0 rings (SSSR count). The molecule has 370 valence electrons. The standard InChI is InChI=1S/C55H92NO8P/c1-6-8-10-12-14-16-18-20-22-24-26-27-28-29-30-32-34-36-38-40-42-44-46-48-55(58)64-53(52-63-65(59,60)62-50-49-56(3,4)5)51-61-54(57)47-45-43-41-39-37-35-33-31-25-23-21-19-17-15-13-11-9-7-2/h8,10,14,16-17,19-20,22-23,25-27,29-30,34,36,40,42,53H,6-7,9,11-13,15,18,21,24,28,31-33,35,37-39,41,43-52H2,1-5H3/p+1/b10-8-,16-14-,19-17-,22-20-,25-23-,27-26-,30-29-,36-34-,42-40-. The molecule has 65 heavy (non-hydrogen) atoms. The molecule has 1 N–H and O–H groups in total. The fraction of sp³-hybridized carbons (Fsp3) is 0.636. The Morgan fingerprint density at radius 1 is 0.492 bits per heavy atom. The topological polar surface area (TPSA) is 108 Å². The lowest BCUT2D eigenvalue weighted by Crippen LogP contribution is -2.37. The van der Waals surface area contributed by atoms with E-state index >= 15 is 0 Å². The monoisotopic (exact) mass is 927 g/mol. The highest BCUT2D eigenvalue weighted by molar-refractivity contribution is 7.47. The lowest BCUT2D eigenvalue weighted by molar-refractivity contribution is -0.870. The highest BCUT2D eigenvalue weighted by Crippen LogP contribution is 2.43. The second-order valence-electron chi connectivity index (χ2n) is 17.5. The summed E-state index contributed by atoms with van der Waals surface area (Å²) in [5.74, 6) is -0.886. The summed E-state index contributed by atoms with van der Waals surface area (Å²) >= 11 is 0. The Labute approximate surface area is 397 Å². The Bertz CT molecular complexity index is 1470. The highest BCUT2D eigenvalue weighted by atomic mass is 31.2. The first-order chi connectivity index (χ1) is 31.5. The van der Waals surface area contributed by atoms with E-state index in [0.717, 1.165) is 77.0 Å². The number of allylic oxidation sites excluding steroid dienone is 18. The van der Waals surface area contributed by atoms with Gasteiger partial charge in [0.15, 0.2) is 6.10 Å². The maximum absolute atomic E-state index is 12.7. The van der Waals surface area contributed by atoms with Gasteiger partial charge in [-0.2, -0.15) is 0 Å². The largest absolute Gasteiger partial charge is 0.472 e. The normalized spacial score (nSPS) is 14.4. The maximum Gasteiger partial charge on any atom is 0.472 e. The van der Waals surface area contributed by atoms with Gasteiger partial charge in [0.2, 0.25) is 0 Å².